The zero-order chi connectivity index (χ0) is 24.5. The number of hydrogen-bond donors (Lipinski definition) is 3. The van der Waals surface area contributed by atoms with Gasteiger partial charge in [-0.1, -0.05) is 13.0 Å². The van der Waals surface area contributed by atoms with E-state index < -0.39 is 5.97 Å². The lowest BCUT2D eigenvalue weighted by atomic mass is 9.61. The number of aromatic hydroxyl groups is 1. The maximum absolute atomic E-state index is 12.7. The van der Waals surface area contributed by atoms with Crippen molar-refractivity contribution in [1.29, 1.82) is 0 Å². The molecule has 1 amide bonds. The fraction of sp³-hybridized carbons (Fsp3) is 0.500. The van der Waals surface area contributed by atoms with Crippen molar-refractivity contribution >= 4 is 11.9 Å². The Balaban J connectivity index is 1.52. The van der Waals surface area contributed by atoms with Gasteiger partial charge in [0, 0.05) is 30.1 Å². The second-order valence-electron chi connectivity index (χ2n) is 10.3. The maximum Gasteiger partial charge on any atom is 0.335 e. The van der Waals surface area contributed by atoms with Crippen LogP contribution in [0.25, 0.3) is 0 Å². The van der Waals surface area contributed by atoms with Gasteiger partial charge in [-0.25, -0.2) is 4.79 Å². The number of phenols is 1. The van der Waals surface area contributed by atoms with E-state index >= 15 is 0 Å². The van der Waals surface area contributed by atoms with E-state index in [0.29, 0.717) is 24.1 Å². The third-order valence-corrected chi connectivity index (χ3v) is 8.21. The number of nitrogens with one attached hydrogen (secondary N) is 1. The molecule has 2 aromatic carbocycles. The molecular weight excluding hydrogens is 428 g/mol. The maximum atomic E-state index is 12.7. The van der Waals surface area contributed by atoms with E-state index in [2.05, 4.69) is 31.0 Å². The Kier molecular flexibility index (Phi) is 6.99. The highest BCUT2D eigenvalue weighted by atomic mass is 16.4. The van der Waals surface area contributed by atoms with Crippen molar-refractivity contribution in [2.45, 2.75) is 57.9 Å². The van der Waals surface area contributed by atoms with E-state index in [1.54, 1.807) is 18.2 Å². The summed E-state index contributed by atoms with van der Waals surface area (Å²) in [7, 11) is 0. The average Bonchev–Trinajstić information content (AvgIpc) is 3.64. The van der Waals surface area contributed by atoms with Gasteiger partial charge in [0.25, 0.3) is 5.91 Å². The Morgan fingerprint density at radius 1 is 1.09 bits per heavy atom. The molecule has 0 bridgehead atoms. The summed E-state index contributed by atoms with van der Waals surface area (Å²) in [6.07, 6.45) is 4.44. The predicted octanol–water partition coefficient (Wildman–Crippen LogP) is 4.60. The zero-order valence-corrected chi connectivity index (χ0v) is 20.4. The quantitative estimate of drug-likeness (QED) is 0.531. The molecule has 3 atom stereocenters. The number of aryl methyl sites for hydroxylation is 1. The Morgan fingerprint density at radius 2 is 1.76 bits per heavy atom. The van der Waals surface area contributed by atoms with Gasteiger partial charge >= 0.3 is 5.97 Å². The number of phenolic OH excluding ortho intramolecular Hbond substituents is 1. The smallest absolute Gasteiger partial charge is 0.335 e. The van der Waals surface area contributed by atoms with Crippen LogP contribution in [0.4, 0.5) is 0 Å². The van der Waals surface area contributed by atoms with Gasteiger partial charge in [0.15, 0.2) is 0 Å². The third kappa shape index (κ3) is 4.97. The van der Waals surface area contributed by atoms with Gasteiger partial charge in [-0.3, -0.25) is 4.79 Å². The number of carboxylic acids is 1. The molecule has 34 heavy (non-hydrogen) atoms. The molecule has 2 unspecified atom stereocenters. The number of amides is 1. The molecule has 2 fully saturated rings. The summed E-state index contributed by atoms with van der Waals surface area (Å²) in [4.78, 5) is 26.4. The first-order valence-electron chi connectivity index (χ1n) is 12.4. The van der Waals surface area contributed by atoms with Crippen LogP contribution < -0.4 is 5.32 Å². The van der Waals surface area contributed by atoms with Crippen LogP contribution >= 0.6 is 0 Å². The molecule has 1 heterocycles. The molecule has 1 aliphatic heterocycles. The molecule has 1 aliphatic carbocycles. The lowest BCUT2D eigenvalue weighted by Crippen LogP contribution is -2.55. The van der Waals surface area contributed by atoms with Gasteiger partial charge in [0.1, 0.15) is 5.75 Å². The Bertz CT molecular complexity index is 1050. The number of hydrogen-bond acceptors (Lipinski definition) is 4. The van der Waals surface area contributed by atoms with E-state index in [1.807, 2.05) is 12.1 Å². The highest BCUT2D eigenvalue weighted by Crippen LogP contribution is 2.47. The van der Waals surface area contributed by atoms with Gasteiger partial charge < -0.3 is 20.4 Å². The highest BCUT2D eigenvalue weighted by Gasteiger charge is 2.46. The molecule has 2 aromatic rings. The minimum Gasteiger partial charge on any atom is -0.508 e. The first kappa shape index (κ1) is 24.3. The van der Waals surface area contributed by atoms with Crippen LogP contribution in [-0.4, -0.2) is 52.7 Å². The van der Waals surface area contributed by atoms with Crippen LogP contribution in [0.3, 0.4) is 0 Å². The second-order valence-corrected chi connectivity index (χ2v) is 10.3. The molecule has 0 aromatic heterocycles. The first-order valence-corrected chi connectivity index (χ1v) is 12.4. The number of piperidine rings is 1. The summed E-state index contributed by atoms with van der Waals surface area (Å²) in [6.45, 7) is 9.44. The van der Waals surface area contributed by atoms with Crippen LogP contribution in [-0.2, 0) is 5.41 Å². The number of benzene rings is 2. The lowest BCUT2D eigenvalue weighted by Gasteiger charge is -2.52. The van der Waals surface area contributed by atoms with Crippen molar-refractivity contribution in [3.8, 4) is 5.75 Å². The molecule has 1 saturated carbocycles. The molecule has 4 rings (SSSR count). The summed E-state index contributed by atoms with van der Waals surface area (Å²) in [5.74, 6) is 0.268. The van der Waals surface area contributed by atoms with Gasteiger partial charge in [0.2, 0.25) is 0 Å². The normalized spacial score (nSPS) is 25.1. The Labute approximate surface area is 202 Å². The largest absolute Gasteiger partial charge is 0.508 e. The molecular formula is C28H36N2O4. The molecule has 182 valence electrons. The monoisotopic (exact) mass is 464 g/mol. The van der Waals surface area contributed by atoms with E-state index in [9.17, 15) is 14.7 Å². The van der Waals surface area contributed by atoms with Crippen LogP contribution in [0.1, 0.15) is 71.4 Å². The summed E-state index contributed by atoms with van der Waals surface area (Å²) < 4.78 is 0. The van der Waals surface area contributed by atoms with E-state index in [4.69, 9.17) is 5.11 Å². The zero-order valence-electron chi connectivity index (χ0n) is 20.4. The molecule has 0 radical (unpaired) electrons. The second kappa shape index (κ2) is 9.79. The van der Waals surface area contributed by atoms with Crippen molar-refractivity contribution in [2.24, 2.45) is 11.8 Å². The van der Waals surface area contributed by atoms with Crippen LogP contribution in [0.5, 0.6) is 5.75 Å². The van der Waals surface area contributed by atoms with Crippen LogP contribution in [0, 0.1) is 18.8 Å². The fourth-order valence-corrected chi connectivity index (χ4v) is 5.72. The first-order chi connectivity index (χ1) is 16.2. The summed E-state index contributed by atoms with van der Waals surface area (Å²) in [5, 5.41) is 22.4. The van der Waals surface area contributed by atoms with Crippen molar-refractivity contribution in [2.75, 3.05) is 19.6 Å². The minimum absolute atomic E-state index is 0.150. The average molecular weight is 465 g/mol. The Hall–Kier alpha value is -2.86. The number of carboxylic acid groups (broad SMARTS) is 1. The summed E-state index contributed by atoms with van der Waals surface area (Å²) in [6, 6.07) is 12.1. The SMILES string of the molecule is Cc1ccc(O)cc1C1(CCNC(=O)c2ccc(C(=O)O)cc2)CCN(CC2CC2)C(C)[C@@H]1C. The molecule has 3 N–H and O–H groups in total. The number of carbonyl (C=O) groups excluding carboxylic acids is 1. The van der Waals surface area contributed by atoms with Crippen LogP contribution in [0.15, 0.2) is 42.5 Å². The third-order valence-electron chi connectivity index (χ3n) is 8.21. The van der Waals surface area contributed by atoms with Gasteiger partial charge in [0.05, 0.1) is 5.56 Å². The highest BCUT2D eigenvalue weighted by molar-refractivity contribution is 5.95. The minimum atomic E-state index is -1.01. The molecule has 6 nitrogen and oxygen atoms in total. The molecule has 2 aliphatic rings. The van der Waals surface area contributed by atoms with Crippen molar-refractivity contribution in [3.63, 3.8) is 0 Å². The number of likely N-dealkylation sites (tertiary alicyclic amines) is 1. The van der Waals surface area contributed by atoms with E-state index in [1.165, 1.54) is 42.6 Å². The van der Waals surface area contributed by atoms with Crippen molar-refractivity contribution in [3.05, 3.63) is 64.7 Å². The number of nitrogens with zero attached hydrogens (tertiary/aromatic N) is 1. The number of aromatic carboxylic acids is 1. The Morgan fingerprint density at radius 3 is 2.41 bits per heavy atom. The van der Waals surface area contributed by atoms with Crippen molar-refractivity contribution in [1.82, 2.24) is 10.2 Å². The fourth-order valence-electron chi connectivity index (χ4n) is 5.72. The number of carbonyl (C=O) groups is 2. The van der Waals surface area contributed by atoms with E-state index in [-0.39, 0.29) is 22.6 Å². The number of rotatable bonds is 8. The van der Waals surface area contributed by atoms with Gasteiger partial charge in [-0.2, -0.15) is 0 Å². The molecule has 0 spiro atoms. The van der Waals surface area contributed by atoms with Crippen LogP contribution in [0.2, 0.25) is 0 Å². The summed E-state index contributed by atoms with van der Waals surface area (Å²) in [5.41, 5.74) is 2.81. The predicted molar refractivity (Wildman–Crippen MR) is 132 cm³/mol. The van der Waals surface area contributed by atoms with Crippen molar-refractivity contribution < 1.29 is 19.8 Å². The molecule has 1 saturated heterocycles. The standard InChI is InChI=1S/C28H36N2O4/c1-18-4-11-24(31)16-25(18)28(13-15-30(17-21-5-6-21)20(3)19(28)2)12-14-29-26(32)22-7-9-23(10-8-22)27(33)34/h4,7-11,16,19-21,31H,5-6,12-15,17H2,1-3H3,(H,29,32)(H,33,34)/t19-,20?,28?/m0/s1. The summed E-state index contributed by atoms with van der Waals surface area (Å²) >= 11 is 0. The lowest BCUT2D eigenvalue weighted by molar-refractivity contribution is 0.0362. The topological polar surface area (TPSA) is 89.9 Å². The van der Waals surface area contributed by atoms with Gasteiger partial charge in [-0.05, 0) is 105 Å². The molecule has 6 heteroatoms. The van der Waals surface area contributed by atoms with Gasteiger partial charge in [-0.15, -0.1) is 0 Å². The van der Waals surface area contributed by atoms with E-state index in [0.717, 1.165) is 25.3 Å².